The third-order valence-corrected chi connectivity index (χ3v) is 2.72. The molecule has 0 bridgehead atoms. The van der Waals surface area contributed by atoms with E-state index in [1.807, 2.05) is 6.92 Å². The molecule has 14 heavy (non-hydrogen) atoms. The molecule has 0 radical (unpaired) electrons. The molecule has 3 atom stereocenters. The number of hydrogen-bond donors (Lipinski definition) is 3. The van der Waals surface area contributed by atoms with E-state index in [-0.39, 0.29) is 18.2 Å². The molecular weight excluding hydrogens is 180 g/mol. The Morgan fingerprint density at radius 1 is 1.71 bits per heavy atom. The van der Waals surface area contributed by atoms with Gasteiger partial charge in [0.15, 0.2) is 5.96 Å². The third-order valence-electron chi connectivity index (χ3n) is 2.72. The molecule has 1 aliphatic carbocycles. The summed E-state index contributed by atoms with van der Waals surface area (Å²) >= 11 is 0. The van der Waals surface area contributed by atoms with E-state index in [9.17, 15) is 0 Å². The van der Waals surface area contributed by atoms with Crippen molar-refractivity contribution in [2.75, 3.05) is 19.7 Å². The van der Waals surface area contributed by atoms with Crippen LogP contribution in [0.25, 0.3) is 0 Å². The molecule has 5 heteroatoms. The number of guanidine groups is 1. The van der Waals surface area contributed by atoms with Gasteiger partial charge in [0, 0.05) is 19.2 Å². The Morgan fingerprint density at radius 2 is 2.57 bits per heavy atom. The number of nitrogens with one attached hydrogen (secondary N) is 2. The van der Waals surface area contributed by atoms with Gasteiger partial charge in [-0.25, -0.2) is 0 Å². The number of nitrogens with zero attached hydrogens (tertiary/aromatic N) is 1. The molecule has 0 saturated heterocycles. The quantitative estimate of drug-likeness (QED) is 0.546. The first-order valence-electron chi connectivity index (χ1n) is 5.23. The lowest BCUT2D eigenvalue weighted by Crippen LogP contribution is -2.65. The SMILES string of the molecule is CCOC1CC(N)C1NC1=NCCN1. The van der Waals surface area contributed by atoms with Crippen LogP contribution < -0.4 is 16.4 Å². The summed E-state index contributed by atoms with van der Waals surface area (Å²) in [6.07, 6.45) is 1.19. The van der Waals surface area contributed by atoms with Gasteiger partial charge in [-0.1, -0.05) is 0 Å². The van der Waals surface area contributed by atoms with Gasteiger partial charge in [0.2, 0.25) is 0 Å². The largest absolute Gasteiger partial charge is 0.376 e. The molecule has 3 unspecified atom stereocenters. The first-order valence-corrected chi connectivity index (χ1v) is 5.23. The first kappa shape index (κ1) is 9.73. The van der Waals surface area contributed by atoms with Crippen molar-refractivity contribution in [1.82, 2.24) is 10.6 Å². The second-order valence-electron chi connectivity index (χ2n) is 3.72. The summed E-state index contributed by atoms with van der Waals surface area (Å²) in [5.74, 6) is 0.870. The number of aliphatic imine (C=N–C) groups is 1. The van der Waals surface area contributed by atoms with E-state index < -0.39 is 0 Å². The standard InChI is InChI=1S/C9H18N4O/c1-2-14-7-5-6(10)8(7)13-9-11-3-4-12-9/h6-8H,2-5,10H2,1H3,(H2,11,12,13). The van der Waals surface area contributed by atoms with Gasteiger partial charge in [-0.3, -0.25) is 4.99 Å². The fraction of sp³-hybridized carbons (Fsp3) is 0.889. The second kappa shape index (κ2) is 4.14. The Morgan fingerprint density at radius 3 is 3.14 bits per heavy atom. The van der Waals surface area contributed by atoms with Gasteiger partial charge >= 0.3 is 0 Å². The highest BCUT2D eigenvalue weighted by Gasteiger charge is 2.40. The van der Waals surface area contributed by atoms with Crippen molar-refractivity contribution in [2.24, 2.45) is 10.7 Å². The van der Waals surface area contributed by atoms with Gasteiger partial charge in [0.25, 0.3) is 0 Å². The van der Waals surface area contributed by atoms with Crippen LogP contribution in [0.5, 0.6) is 0 Å². The summed E-state index contributed by atoms with van der Waals surface area (Å²) in [5, 5.41) is 6.46. The molecule has 0 aromatic rings. The van der Waals surface area contributed by atoms with Crippen LogP contribution in [0.1, 0.15) is 13.3 Å². The van der Waals surface area contributed by atoms with Gasteiger partial charge in [-0.2, -0.15) is 0 Å². The average Bonchev–Trinajstić information content (AvgIpc) is 2.66. The Hall–Kier alpha value is -0.810. The lowest BCUT2D eigenvalue weighted by atomic mass is 9.83. The molecule has 2 rings (SSSR count). The summed E-state index contributed by atoms with van der Waals surface area (Å²) < 4.78 is 5.55. The Kier molecular flexibility index (Phi) is 2.88. The zero-order chi connectivity index (χ0) is 9.97. The molecule has 0 aromatic carbocycles. The summed E-state index contributed by atoms with van der Waals surface area (Å²) in [5.41, 5.74) is 5.90. The molecular formula is C9H18N4O. The van der Waals surface area contributed by atoms with Crippen molar-refractivity contribution in [3.05, 3.63) is 0 Å². The van der Waals surface area contributed by atoms with E-state index in [4.69, 9.17) is 10.5 Å². The predicted molar refractivity (Wildman–Crippen MR) is 55.2 cm³/mol. The number of nitrogens with two attached hydrogens (primary N) is 1. The maximum Gasteiger partial charge on any atom is 0.191 e. The fourth-order valence-corrected chi connectivity index (χ4v) is 1.88. The third kappa shape index (κ3) is 1.83. The molecule has 1 heterocycles. The molecule has 5 nitrogen and oxygen atoms in total. The van der Waals surface area contributed by atoms with Crippen LogP contribution in [-0.4, -0.2) is 43.8 Å². The zero-order valence-electron chi connectivity index (χ0n) is 8.49. The predicted octanol–water partition coefficient (Wildman–Crippen LogP) is -0.960. The van der Waals surface area contributed by atoms with E-state index in [0.717, 1.165) is 32.1 Å². The maximum atomic E-state index is 5.90. The minimum atomic E-state index is 0.191. The van der Waals surface area contributed by atoms with Crippen molar-refractivity contribution >= 4 is 5.96 Å². The first-order chi connectivity index (χ1) is 6.81. The van der Waals surface area contributed by atoms with E-state index in [1.165, 1.54) is 0 Å². The van der Waals surface area contributed by atoms with Gasteiger partial charge < -0.3 is 21.1 Å². The number of hydrogen-bond acceptors (Lipinski definition) is 5. The Labute approximate surface area is 84.1 Å². The normalized spacial score (nSPS) is 35.9. The molecule has 0 aromatic heterocycles. The van der Waals surface area contributed by atoms with Crippen molar-refractivity contribution in [1.29, 1.82) is 0 Å². The van der Waals surface area contributed by atoms with Crippen molar-refractivity contribution in [2.45, 2.75) is 31.5 Å². The zero-order valence-corrected chi connectivity index (χ0v) is 8.49. The summed E-state index contributed by atoms with van der Waals surface area (Å²) in [7, 11) is 0. The summed E-state index contributed by atoms with van der Waals surface area (Å²) in [4.78, 5) is 4.27. The minimum absolute atomic E-state index is 0.191. The highest BCUT2D eigenvalue weighted by Crippen LogP contribution is 2.22. The van der Waals surface area contributed by atoms with Gasteiger partial charge in [0.1, 0.15) is 0 Å². The molecule has 1 aliphatic heterocycles. The van der Waals surface area contributed by atoms with Gasteiger partial charge in [0.05, 0.1) is 18.7 Å². The molecule has 0 amide bonds. The van der Waals surface area contributed by atoms with Crippen LogP contribution in [0.3, 0.4) is 0 Å². The van der Waals surface area contributed by atoms with Gasteiger partial charge in [-0.05, 0) is 13.3 Å². The molecule has 1 fully saturated rings. The average molecular weight is 198 g/mol. The highest BCUT2D eigenvalue weighted by atomic mass is 16.5. The van der Waals surface area contributed by atoms with Crippen molar-refractivity contribution in [3.63, 3.8) is 0 Å². The minimum Gasteiger partial charge on any atom is -0.376 e. The van der Waals surface area contributed by atoms with Crippen LogP contribution in [0.2, 0.25) is 0 Å². The molecule has 4 N–H and O–H groups in total. The molecule has 0 spiro atoms. The smallest absolute Gasteiger partial charge is 0.191 e. The van der Waals surface area contributed by atoms with E-state index in [2.05, 4.69) is 15.6 Å². The summed E-state index contributed by atoms with van der Waals surface area (Å²) in [6, 6.07) is 0.413. The van der Waals surface area contributed by atoms with Crippen molar-refractivity contribution < 1.29 is 4.74 Å². The van der Waals surface area contributed by atoms with Crippen LogP contribution in [0, 0.1) is 0 Å². The lowest BCUT2D eigenvalue weighted by Gasteiger charge is -2.42. The van der Waals surface area contributed by atoms with Crippen LogP contribution in [0.4, 0.5) is 0 Å². The Bertz CT molecular complexity index is 229. The number of rotatable bonds is 3. The molecule has 80 valence electrons. The molecule has 1 saturated carbocycles. The fourth-order valence-electron chi connectivity index (χ4n) is 1.88. The van der Waals surface area contributed by atoms with E-state index in [0.29, 0.717) is 0 Å². The van der Waals surface area contributed by atoms with Crippen LogP contribution >= 0.6 is 0 Å². The van der Waals surface area contributed by atoms with Crippen LogP contribution in [-0.2, 0) is 4.74 Å². The monoisotopic (exact) mass is 198 g/mol. The van der Waals surface area contributed by atoms with Gasteiger partial charge in [-0.15, -0.1) is 0 Å². The lowest BCUT2D eigenvalue weighted by molar-refractivity contribution is -0.0262. The van der Waals surface area contributed by atoms with Crippen molar-refractivity contribution in [3.8, 4) is 0 Å². The van der Waals surface area contributed by atoms with Crippen LogP contribution in [0.15, 0.2) is 4.99 Å². The topological polar surface area (TPSA) is 71.7 Å². The number of ether oxygens (including phenoxy) is 1. The highest BCUT2D eigenvalue weighted by molar-refractivity contribution is 5.81. The maximum absolute atomic E-state index is 5.90. The summed E-state index contributed by atoms with van der Waals surface area (Å²) in [6.45, 7) is 4.52. The van der Waals surface area contributed by atoms with E-state index >= 15 is 0 Å². The van der Waals surface area contributed by atoms with E-state index in [1.54, 1.807) is 0 Å². The Balaban J connectivity index is 1.83. The second-order valence-corrected chi connectivity index (χ2v) is 3.72. The molecule has 2 aliphatic rings.